The molecule has 0 atom stereocenters. The van der Waals surface area contributed by atoms with Gasteiger partial charge in [-0.1, -0.05) is 40.8 Å². The fraction of sp³-hybridized carbons (Fsp3) is 0. The van der Waals surface area contributed by atoms with Gasteiger partial charge in [0.1, 0.15) is 32.7 Å². The van der Waals surface area contributed by atoms with Crippen molar-refractivity contribution < 1.29 is 99.9 Å². The van der Waals surface area contributed by atoms with Crippen molar-refractivity contribution in [3.63, 3.8) is 0 Å². The number of benzene rings is 6. The third kappa shape index (κ3) is 10.7. The third-order valence-electron chi connectivity index (χ3n) is 7.70. The Morgan fingerprint density at radius 2 is 0.934 bits per heavy atom. The van der Waals surface area contributed by atoms with Crippen molar-refractivity contribution in [1.29, 1.82) is 0 Å². The van der Waals surface area contributed by atoms with Crippen LogP contribution in [0.3, 0.4) is 0 Å². The van der Waals surface area contributed by atoms with Gasteiger partial charge in [-0.3, -0.25) is 18.2 Å². The Morgan fingerprint density at radius 3 is 1.48 bits per heavy atom. The largest absolute Gasteiger partial charge is 3.00 e. The summed E-state index contributed by atoms with van der Waals surface area (Å²) in [5, 5.41) is 79.4. The molecule has 0 unspecified atom stereocenters. The Kier molecular flexibility index (Phi) is 13.9. The summed E-state index contributed by atoms with van der Waals surface area (Å²) >= 11 is 11.5. The molecule has 319 valence electrons. The normalized spacial score (nSPS) is 12.4. The molecule has 29 heteroatoms. The summed E-state index contributed by atoms with van der Waals surface area (Å²) < 4.78 is 129. The average Bonchev–Trinajstić information content (AvgIpc) is 3.11. The van der Waals surface area contributed by atoms with Gasteiger partial charge in [0.15, 0.2) is 5.75 Å². The van der Waals surface area contributed by atoms with Gasteiger partial charge in [-0.25, -0.2) is 0 Å². The number of aromatic hydroxyl groups is 3. The molecule has 0 aliphatic heterocycles. The molecule has 0 fully saturated rings. The van der Waals surface area contributed by atoms with Crippen LogP contribution in [0.25, 0.3) is 21.5 Å². The van der Waals surface area contributed by atoms with Crippen molar-refractivity contribution in [3.05, 3.63) is 82.8 Å². The first-order valence-electron chi connectivity index (χ1n) is 15.3. The van der Waals surface area contributed by atoms with Crippen LogP contribution >= 0.6 is 23.2 Å². The second-order valence-corrected chi connectivity index (χ2v) is 18.2. The maximum Gasteiger partial charge on any atom is 3.00 e. The summed E-state index contributed by atoms with van der Waals surface area (Å²) in [5.74, 6) is -5.29. The van der Waals surface area contributed by atoms with Gasteiger partial charge >= 0.3 is 17.4 Å². The third-order valence-corrected chi connectivity index (χ3v) is 11.6. The Bertz CT molecular complexity index is 3100. The van der Waals surface area contributed by atoms with E-state index in [0.717, 1.165) is 18.2 Å². The molecule has 0 amide bonds. The van der Waals surface area contributed by atoms with E-state index < -0.39 is 116 Å². The minimum absolute atomic E-state index is 0. The summed E-state index contributed by atoms with van der Waals surface area (Å²) in [6.45, 7) is 0. The monoisotopic (exact) mass is 997 g/mol. The molecule has 0 bridgehead atoms. The van der Waals surface area contributed by atoms with Crippen LogP contribution in [0.4, 0.5) is 22.7 Å². The molecular weight excluding hydrogens is 980 g/mol. The summed E-state index contributed by atoms with van der Waals surface area (Å²) in [5.41, 5.74) is -2.35. The Morgan fingerprint density at radius 1 is 0.475 bits per heavy atom. The van der Waals surface area contributed by atoms with Crippen molar-refractivity contribution >= 4 is 108 Å². The van der Waals surface area contributed by atoms with Gasteiger partial charge in [-0.2, -0.15) is 38.8 Å². The molecule has 6 aromatic rings. The number of nitrogens with zero attached hydrogens (tertiary/aromatic N) is 4. The van der Waals surface area contributed by atoms with Gasteiger partial charge < -0.3 is 30.6 Å². The van der Waals surface area contributed by atoms with Gasteiger partial charge in [-0.05, 0) is 76.8 Å². The molecule has 22 nitrogen and oxygen atoms in total. The Labute approximate surface area is 363 Å². The fourth-order valence-corrected chi connectivity index (χ4v) is 7.79. The molecule has 0 saturated carbocycles. The van der Waals surface area contributed by atoms with E-state index >= 15 is 0 Å². The van der Waals surface area contributed by atoms with E-state index in [-0.39, 0.29) is 49.9 Å². The summed E-state index contributed by atoms with van der Waals surface area (Å²) in [7, 11) is -19.8. The van der Waals surface area contributed by atoms with E-state index in [1.165, 1.54) is 24.3 Å². The number of azo groups is 2. The Balaban J connectivity index is 0.000000264. The summed E-state index contributed by atoms with van der Waals surface area (Å²) in [6, 6.07) is 11.0. The van der Waals surface area contributed by atoms with Crippen LogP contribution in [0.2, 0.25) is 10.0 Å². The van der Waals surface area contributed by atoms with Gasteiger partial charge in [0.05, 0.1) is 26.6 Å². The van der Waals surface area contributed by atoms with Crippen molar-refractivity contribution in [1.82, 2.24) is 0 Å². The van der Waals surface area contributed by atoms with Crippen LogP contribution < -0.4 is 15.3 Å². The van der Waals surface area contributed by atoms with Crippen molar-refractivity contribution in [2.24, 2.45) is 20.5 Å². The van der Waals surface area contributed by atoms with Gasteiger partial charge in [0.2, 0.25) is 0 Å². The smallest absolute Gasteiger partial charge is 0.872 e. The number of phenols is 3. The first kappa shape index (κ1) is 48.3. The minimum atomic E-state index is -5.10. The van der Waals surface area contributed by atoms with E-state index in [1.807, 2.05) is 0 Å². The molecule has 0 aliphatic carbocycles. The van der Waals surface area contributed by atoms with Gasteiger partial charge in [-0.15, -0.1) is 21.1 Å². The average molecular weight is 999 g/mol. The van der Waals surface area contributed by atoms with E-state index in [2.05, 4.69) is 20.5 Å². The molecule has 0 saturated heterocycles. The minimum Gasteiger partial charge on any atom is -0.872 e. The SMILES string of the molecule is O=S(=O)(O)c1cc(O)c2c(O)c(N=Nc3cc(Cl)ccc3O)c(S(=O)(=O)O)cc2c1.O=S(=O)(O)c1cc([O-])c2c([O-])c(N=Nc3cc(Cl)ccc3[O-])c(S(=O)(=O)O)cc2c1.[Cr+3]. The predicted octanol–water partition coefficient (Wildman–Crippen LogP) is 5.14. The first-order valence-corrected chi connectivity index (χ1v) is 21.8. The zero-order valence-corrected chi connectivity index (χ0v) is 35.2. The zero-order valence-electron chi connectivity index (χ0n) is 29.1. The van der Waals surface area contributed by atoms with Crippen molar-refractivity contribution in [2.45, 2.75) is 19.6 Å². The van der Waals surface area contributed by atoms with Crippen LogP contribution in [-0.2, 0) is 57.8 Å². The van der Waals surface area contributed by atoms with E-state index in [0.29, 0.717) is 30.3 Å². The topological polar surface area (TPSA) is 397 Å². The molecule has 1 radical (unpaired) electrons. The fourth-order valence-electron chi connectivity index (χ4n) is 5.08. The summed E-state index contributed by atoms with van der Waals surface area (Å²) in [6.07, 6.45) is 0. The molecule has 0 aromatic heterocycles. The molecule has 7 N–H and O–H groups in total. The van der Waals surface area contributed by atoms with E-state index in [9.17, 15) is 73.4 Å². The van der Waals surface area contributed by atoms with Gasteiger partial charge in [0, 0.05) is 16.1 Å². The quantitative estimate of drug-likeness (QED) is 0.0766. The van der Waals surface area contributed by atoms with Crippen LogP contribution in [0.1, 0.15) is 0 Å². The van der Waals surface area contributed by atoms with E-state index in [1.54, 1.807) is 0 Å². The first-order chi connectivity index (χ1) is 27.6. The Hall–Kier alpha value is -5.41. The molecular formula is C32H19Cl2CrN4O18S4. The second-order valence-electron chi connectivity index (χ2n) is 11.7. The van der Waals surface area contributed by atoms with Crippen LogP contribution in [-0.4, -0.2) is 67.2 Å². The summed E-state index contributed by atoms with van der Waals surface area (Å²) in [4.78, 5) is -3.74. The van der Waals surface area contributed by atoms with Crippen LogP contribution in [0, 0.1) is 0 Å². The number of hydrogen-bond acceptors (Lipinski definition) is 18. The number of hydrogen-bond donors (Lipinski definition) is 7. The van der Waals surface area contributed by atoms with Crippen molar-refractivity contribution in [2.75, 3.05) is 0 Å². The maximum absolute atomic E-state index is 12.7. The standard InChI is InChI=1S/2C16H11ClN2O9S2.Cr/c2*17-8-1-2-11(20)10(5-8)18-19-15-13(30(26,27)28)4-7-3-9(29(23,24)25)6-12(21)14(7)16(15)22;/h2*1-6,20-22H,(H,23,24,25)(H,26,27,28);/q;;+3/p-3. The molecule has 6 aromatic carbocycles. The number of halogens is 2. The maximum atomic E-state index is 12.7. The van der Waals surface area contributed by atoms with Gasteiger partial charge in [0.25, 0.3) is 40.5 Å². The zero-order chi connectivity index (χ0) is 44.9. The molecule has 0 spiro atoms. The molecule has 0 heterocycles. The second kappa shape index (κ2) is 17.5. The predicted molar refractivity (Wildman–Crippen MR) is 202 cm³/mol. The van der Waals surface area contributed by atoms with Crippen LogP contribution in [0.15, 0.2) is 113 Å². The molecule has 6 rings (SSSR count). The number of phenolic OH excluding ortho intramolecular Hbond substituents is 3. The molecule has 61 heavy (non-hydrogen) atoms. The van der Waals surface area contributed by atoms with E-state index in [4.69, 9.17) is 32.3 Å². The molecule has 0 aliphatic rings. The van der Waals surface area contributed by atoms with Crippen LogP contribution in [0.5, 0.6) is 34.5 Å². The number of fused-ring (bicyclic) bond motifs is 2. The van der Waals surface area contributed by atoms with Crippen molar-refractivity contribution in [3.8, 4) is 34.5 Å². The number of rotatable bonds is 8.